The van der Waals surface area contributed by atoms with Gasteiger partial charge in [-0.3, -0.25) is 4.90 Å². The van der Waals surface area contributed by atoms with Crippen molar-refractivity contribution in [3.05, 3.63) is 35.9 Å². The summed E-state index contributed by atoms with van der Waals surface area (Å²) in [4.78, 5) is 16.8. The Balaban J connectivity index is 1.46. The topological polar surface area (TPSA) is 65.0 Å². The number of urea groups is 1. The number of carbonyl (C=O) groups excluding carboxylic acids is 1. The van der Waals surface area contributed by atoms with Crippen LogP contribution in [0.1, 0.15) is 38.2 Å². The summed E-state index contributed by atoms with van der Waals surface area (Å²) in [5.41, 5.74) is 1.17. The average Bonchev–Trinajstić information content (AvgIpc) is 2.68. The van der Waals surface area contributed by atoms with Crippen LogP contribution in [0.2, 0.25) is 0 Å². The Bertz CT molecular complexity index is 573. The van der Waals surface area contributed by atoms with Gasteiger partial charge in [0.25, 0.3) is 0 Å². The molecule has 1 heterocycles. The lowest BCUT2D eigenvalue weighted by Gasteiger charge is -2.38. The Morgan fingerprint density at radius 3 is 2.59 bits per heavy atom. The summed E-state index contributed by atoms with van der Waals surface area (Å²) in [6.07, 6.45) is 4.03. The van der Waals surface area contributed by atoms with E-state index in [4.69, 9.17) is 4.74 Å². The average molecular weight is 376 g/mol. The maximum Gasteiger partial charge on any atom is 0.317 e. The highest BCUT2D eigenvalue weighted by Gasteiger charge is 2.30. The van der Waals surface area contributed by atoms with E-state index in [0.29, 0.717) is 26.2 Å². The van der Waals surface area contributed by atoms with Gasteiger partial charge in [0.2, 0.25) is 0 Å². The summed E-state index contributed by atoms with van der Waals surface area (Å²) in [6.45, 7) is 6.12. The first kappa shape index (κ1) is 20.1. The fraction of sp³-hybridized carbons (Fsp3) is 0.667. The number of amides is 2. The Labute approximate surface area is 162 Å². The van der Waals surface area contributed by atoms with Crippen molar-refractivity contribution in [2.45, 2.75) is 57.5 Å². The highest BCUT2D eigenvalue weighted by molar-refractivity contribution is 5.74. The zero-order chi connectivity index (χ0) is 19.1. The van der Waals surface area contributed by atoms with Gasteiger partial charge in [-0.1, -0.05) is 43.2 Å². The Hall–Kier alpha value is -1.63. The van der Waals surface area contributed by atoms with Crippen molar-refractivity contribution in [3.8, 4) is 0 Å². The SMILES string of the molecule is C[C@H](O)CN1CCN(C(=O)N[C@@H]2CCCC[C@H]2OCc2ccccc2)CC1. The predicted octanol–water partition coefficient (Wildman–Crippen LogP) is 2.22. The van der Waals surface area contributed by atoms with Gasteiger partial charge in [-0.25, -0.2) is 4.79 Å². The molecular formula is C21H33N3O3. The molecule has 0 radical (unpaired) electrons. The number of β-amino-alcohol motifs (C(OH)–C–C–N with tert-alkyl or cyclic N) is 1. The normalized spacial score (nSPS) is 25.2. The van der Waals surface area contributed by atoms with Crippen molar-refractivity contribution in [2.75, 3.05) is 32.7 Å². The number of hydrogen-bond acceptors (Lipinski definition) is 4. The first-order valence-electron chi connectivity index (χ1n) is 10.2. The zero-order valence-corrected chi connectivity index (χ0v) is 16.3. The zero-order valence-electron chi connectivity index (χ0n) is 16.3. The number of aliphatic hydroxyl groups is 1. The standard InChI is InChI=1S/C21H33N3O3/c1-17(25)15-23-11-13-24(14-12-23)21(26)22-19-9-5-6-10-20(19)27-16-18-7-3-2-4-8-18/h2-4,7-8,17,19-20,25H,5-6,9-16H2,1H3,(H,22,26)/t17-,19+,20+/m0/s1. The quantitative estimate of drug-likeness (QED) is 0.800. The lowest BCUT2D eigenvalue weighted by Crippen LogP contribution is -2.56. The molecule has 0 aromatic heterocycles. The molecule has 6 nitrogen and oxygen atoms in total. The maximum absolute atomic E-state index is 12.7. The van der Waals surface area contributed by atoms with E-state index in [-0.39, 0.29) is 24.3 Å². The van der Waals surface area contributed by atoms with Gasteiger partial charge in [-0.05, 0) is 25.3 Å². The molecular weight excluding hydrogens is 342 g/mol. The molecule has 1 aliphatic heterocycles. The second kappa shape index (κ2) is 10.1. The number of aliphatic hydroxyl groups excluding tert-OH is 1. The van der Waals surface area contributed by atoms with E-state index in [1.165, 1.54) is 5.56 Å². The van der Waals surface area contributed by atoms with Crippen LogP contribution < -0.4 is 5.32 Å². The van der Waals surface area contributed by atoms with Gasteiger partial charge in [0.1, 0.15) is 0 Å². The van der Waals surface area contributed by atoms with Crippen molar-refractivity contribution < 1.29 is 14.6 Å². The van der Waals surface area contributed by atoms with Crippen molar-refractivity contribution >= 4 is 6.03 Å². The third kappa shape index (κ3) is 6.19. The number of piperazine rings is 1. The lowest BCUT2D eigenvalue weighted by atomic mass is 9.92. The highest BCUT2D eigenvalue weighted by Crippen LogP contribution is 2.23. The van der Waals surface area contributed by atoms with Gasteiger partial charge in [-0.15, -0.1) is 0 Å². The Morgan fingerprint density at radius 2 is 1.89 bits per heavy atom. The highest BCUT2D eigenvalue weighted by atomic mass is 16.5. The van der Waals surface area contributed by atoms with Crippen molar-refractivity contribution in [3.63, 3.8) is 0 Å². The van der Waals surface area contributed by atoms with Gasteiger partial charge < -0.3 is 20.1 Å². The van der Waals surface area contributed by atoms with E-state index >= 15 is 0 Å². The van der Waals surface area contributed by atoms with Crippen LogP contribution in [0.15, 0.2) is 30.3 Å². The molecule has 150 valence electrons. The first-order chi connectivity index (χ1) is 13.1. The predicted molar refractivity (Wildman–Crippen MR) is 106 cm³/mol. The van der Waals surface area contributed by atoms with Crippen LogP contribution in [0.25, 0.3) is 0 Å². The molecule has 1 aliphatic carbocycles. The number of ether oxygens (including phenoxy) is 1. The van der Waals surface area contributed by atoms with Crippen LogP contribution in [0.3, 0.4) is 0 Å². The Morgan fingerprint density at radius 1 is 1.19 bits per heavy atom. The van der Waals surface area contributed by atoms with Crippen LogP contribution in [0, 0.1) is 0 Å². The molecule has 2 N–H and O–H groups in total. The molecule has 0 bridgehead atoms. The van der Waals surface area contributed by atoms with Gasteiger partial charge in [0.15, 0.2) is 0 Å². The van der Waals surface area contributed by atoms with E-state index in [2.05, 4.69) is 22.3 Å². The molecule has 27 heavy (non-hydrogen) atoms. The molecule has 3 atom stereocenters. The Kier molecular flexibility index (Phi) is 7.50. The van der Waals surface area contributed by atoms with Crippen LogP contribution in [0.4, 0.5) is 4.79 Å². The largest absolute Gasteiger partial charge is 0.392 e. The van der Waals surface area contributed by atoms with Crippen LogP contribution in [0.5, 0.6) is 0 Å². The summed E-state index contributed by atoms with van der Waals surface area (Å²) in [5.74, 6) is 0. The maximum atomic E-state index is 12.7. The minimum absolute atomic E-state index is 0.0203. The number of nitrogens with one attached hydrogen (secondary N) is 1. The van der Waals surface area contributed by atoms with E-state index in [9.17, 15) is 9.90 Å². The monoisotopic (exact) mass is 375 g/mol. The molecule has 2 aliphatic rings. The van der Waals surface area contributed by atoms with Crippen LogP contribution in [-0.4, -0.2) is 71.9 Å². The van der Waals surface area contributed by atoms with Gasteiger partial charge >= 0.3 is 6.03 Å². The third-order valence-electron chi connectivity index (χ3n) is 5.50. The second-order valence-electron chi connectivity index (χ2n) is 7.81. The molecule has 6 heteroatoms. The van der Waals surface area contributed by atoms with E-state index < -0.39 is 0 Å². The summed E-state index contributed by atoms with van der Waals surface area (Å²) in [6, 6.07) is 10.3. The minimum Gasteiger partial charge on any atom is -0.392 e. The molecule has 1 aromatic rings. The molecule has 1 saturated carbocycles. The minimum atomic E-state index is -0.324. The van der Waals surface area contributed by atoms with Gasteiger partial charge in [-0.2, -0.15) is 0 Å². The molecule has 1 aromatic carbocycles. The van der Waals surface area contributed by atoms with E-state index in [1.54, 1.807) is 6.92 Å². The van der Waals surface area contributed by atoms with E-state index in [1.807, 2.05) is 23.1 Å². The second-order valence-corrected chi connectivity index (χ2v) is 7.81. The molecule has 2 amide bonds. The number of carbonyl (C=O) groups is 1. The summed E-state index contributed by atoms with van der Waals surface area (Å²) in [7, 11) is 0. The van der Waals surface area contributed by atoms with Crippen LogP contribution in [-0.2, 0) is 11.3 Å². The molecule has 0 spiro atoms. The number of rotatable bonds is 6. The summed E-state index contributed by atoms with van der Waals surface area (Å²) in [5, 5.41) is 12.7. The molecule has 3 rings (SSSR count). The third-order valence-corrected chi connectivity index (χ3v) is 5.50. The fourth-order valence-corrected chi connectivity index (χ4v) is 4.00. The number of nitrogens with zero attached hydrogens (tertiary/aromatic N) is 2. The lowest BCUT2D eigenvalue weighted by molar-refractivity contribution is -0.00443. The van der Waals surface area contributed by atoms with Crippen molar-refractivity contribution in [2.24, 2.45) is 0 Å². The van der Waals surface area contributed by atoms with Crippen LogP contribution >= 0.6 is 0 Å². The van der Waals surface area contributed by atoms with Crippen molar-refractivity contribution in [1.29, 1.82) is 0 Å². The molecule has 0 unspecified atom stereocenters. The number of benzene rings is 1. The van der Waals surface area contributed by atoms with E-state index in [0.717, 1.165) is 38.8 Å². The van der Waals surface area contributed by atoms with Gasteiger partial charge in [0, 0.05) is 32.7 Å². The smallest absolute Gasteiger partial charge is 0.317 e. The summed E-state index contributed by atoms with van der Waals surface area (Å²) < 4.78 is 6.16. The number of hydrogen-bond donors (Lipinski definition) is 2. The molecule has 1 saturated heterocycles. The summed E-state index contributed by atoms with van der Waals surface area (Å²) >= 11 is 0. The molecule has 2 fully saturated rings. The van der Waals surface area contributed by atoms with Crippen molar-refractivity contribution in [1.82, 2.24) is 15.1 Å². The fourth-order valence-electron chi connectivity index (χ4n) is 4.00. The van der Waals surface area contributed by atoms with Gasteiger partial charge in [0.05, 0.1) is 24.9 Å². The first-order valence-corrected chi connectivity index (χ1v) is 10.2.